The zero-order valence-electron chi connectivity index (χ0n) is 13.6. The van der Waals surface area contributed by atoms with E-state index in [9.17, 15) is 4.79 Å². The molecular weight excluding hydrogens is 296 g/mol. The summed E-state index contributed by atoms with van der Waals surface area (Å²) in [6, 6.07) is 7.45. The average molecular weight is 323 g/mol. The van der Waals surface area contributed by atoms with Crippen LogP contribution in [0, 0.1) is 11.8 Å². The molecule has 0 aromatic heterocycles. The molecule has 1 saturated heterocycles. The highest BCUT2D eigenvalue weighted by molar-refractivity contribution is 6.30. The van der Waals surface area contributed by atoms with Gasteiger partial charge in [-0.3, -0.25) is 4.79 Å². The van der Waals surface area contributed by atoms with E-state index in [0.717, 1.165) is 36.9 Å². The fraction of sp³-hybridized carbons (Fsp3) is 0.611. The highest BCUT2D eigenvalue weighted by atomic mass is 35.5. The first-order valence-electron chi connectivity index (χ1n) is 8.26. The molecule has 1 aromatic carbocycles. The quantitative estimate of drug-likeness (QED) is 0.814. The van der Waals surface area contributed by atoms with E-state index in [1.807, 2.05) is 24.3 Å². The Kier molecular flexibility index (Phi) is 6.71. The maximum absolute atomic E-state index is 11.9. The minimum absolute atomic E-state index is 0.0858. The van der Waals surface area contributed by atoms with E-state index in [2.05, 4.69) is 24.1 Å². The molecule has 0 radical (unpaired) electrons. The van der Waals surface area contributed by atoms with Gasteiger partial charge in [0.05, 0.1) is 6.42 Å². The number of hydrogen-bond donors (Lipinski definition) is 1. The molecular formula is C18H27ClN2O. The highest BCUT2D eigenvalue weighted by Gasteiger charge is 2.20. The molecule has 0 unspecified atom stereocenters. The van der Waals surface area contributed by atoms with Gasteiger partial charge in [-0.2, -0.15) is 0 Å². The topological polar surface area (TPSA) is 32.3 Å². The van der Waals surface area contributed by atoms with Gasteiger partial charge >= 0.3 is 0 Å². The lowest BCUT2D eigenvalue weighted by atomic mass is 9.92. The zero-order chi connectivity index (χ0) is 15.9. The van der Waals surface area contributed by atoms with Gasteiger partial charge in [0.15, 0.2) is 0 Å². The van der Waals surface area contributed by atoms with Crippen LogP contribution in [0.5, 0.6) is 0 Å². The molecule has 0 spiro atoms. The van der Waals surface area contributed by atoms with Crippen molar-refractivity contribution in [3.63, 3.8) is 0 Å². The van der Waals surface area contributed by atoms with Crippen LogP contribution in [0.2, 0.25) is 5.02 Å². The number of benzene rings is 1. The molecule has 4 heteroatoms. The van der Waals surface area contributed by atoms with Crippen molar-refractivity contribution in [2.45, 2.75) is 33.1 Å². The molecule has 1 aromatic rings. The molecule has 3 nitrogen and oxygen atoms in total. The third kappa shape index (κ3) is 5.98. The fourth-order valence-corrected chi connectivity index (χ4v) is 3.48. The van der Waals surface area contributed by atoms with Crippen molar-refractivity contribution in [1.29, 1.82) is 0 Å². The molecule has 1 fully saturated rings. The molecule has 0 aliphatic carbocycles. The molecule has 122 valence electrons. The summed E-state index contributed by atoms with van der Waals surface area (Å²) in [5.41, 5.74) is 1.00. The van der Waals surface area contributed by atoms with Crippen LogP contribution in [0.4, 0.5) is 0 Å². The zero-order valence-corrected chi connectivity index (χ0v) is 14.4. The summed E-state index contributed by atoms with van der Waals surface area (Å²) in [6.07, 6.45) is 2.79. The van der Waals surface area contributed by atoms with Crippen LogP contribution in [-0.2, 0) is 11.2 Å². The summed E-state index contributed by atoms with van der Waals surface area (Å²) in [4.78, 5) is 14.4. The number of hydrogen-bond acceptors (Lipinski definition) is 2. The van der Waals surface area contributed by atoms with Crippen LogP contribution < -0.4 is 5.32 Å². The number of likely N-dealkylation sites (tertiary alicyclic amines) is 1. The lowest BCUT2D eigenvalue weighted by Crippen LogP contribution is -2.40. The van der Waals surface area contributed by atoms with Gasteiger partial charge in [-0.15, -0.1) is 0 Å². The standard InChI is InChI=1S/C18H27ClN2O/c1-14-10-15(2)13-21(12-14)9-3-8-20-18(22)11-16-4-6-17(19)7-5-16/h4-7,14-15H,3,8-13H2,1-2H3,(H,20,22)/t14-,15-/m1/s1. The number of rotatable bonds is 6. The van der Waals surface area contributed by atoms with Crippen molar-refractivity contribution in [2.75, 3.05) is 26.2 Å². The second-order valence-corrected chi connectivity index (χ2v) is 7.15. The summed E-state index contributed by atoms with van der Waals surface area (Å²) in [5.74, 6) is 1.68. The van der Waals surface area contributed by atoms with Gasteiger partial charge in [0.1, 0.15) is 0 Å². The van der Waals surface area contributed by atoms with E-state index in [1.54, 1.807) is 0 Å². The van der Waals surface area contributed by atoms with Crippen molar-refractivity contribution in [2.24, 2.45) is 11.8 Å². The first-order valence-corrected chi connectivity index (χ1v) is 8.64. The number of halogens is 1. The van der Waals surface area contributed by atoms with E-state index in [0.29, 0.717) is 11.4 Å². The number of carbonyl (C=O) groups is 1. The molecule has 1 aliphatic rings. The molecule has 0 saturated carbocycles. The Labute approximate surface area is 139 Å². The van der Waals surface area contributed by atoms with Crippen LogP contribution in [0.25, 0.3) is 0 Å². The van der Waals surface area contributed by atoms with Crippen molar-refractivity contribution >= 4 is 17.5 Å². The lowest BCUT2D eigenvalue weighted by Gasteiger charge is -2.34. The lowest BCUT2D eigenvalue weighted by molar-refractivity contribution is -0.120. The molecule has 22 heavy (non-hydrogen) atoms. The largest absolute Gasteiger partial charge is 0.356 e. The normalized spacial score (nSPS) is 22.5. The number of carbonyl (C=O) groups excluding carboxylic acids is 1. The van der Waals surface area contributed by atoms with Gasteiger partial charge in [0.25, 0.3) is 0 Å². The Hall–Kier alpha value is -1.06. The summed E-state index contributed by atoms with van der Waals surface area (Å²) in [7, 11) is 0. The molecule has 1 heterocycles. The Balaban J connectivity index is 1.62. The predicted octanol–water partition coefficient (Wildman–Crippen LogP) is 3.37. The third-order valence-corrected chi connectivity index (χ3v) is 4.45. The van der Waals surface area contributed by atoms with Gasteiger partial charge in [0, 0.05) is 24.7 Å². The van der Waals surface area contributed by atoms with Crippen molar-refractivity contribution in [3.8, 4) is 0 Å². The molecule has 1 aliphatic heterocycles. The summed E-state index contributed by atoms with van der Waals surface area (Å²) in [5, 5.41) is 3.71. The molecule has 0 bridgehead atoms. The first-order chi connectivity index (χ1) is 10.5. The molecule has 1 amide bonds. The van der Waals surface area contributed by atoms with Crippen molar-refractivity contribution in [3.05, 3.63) is 34.9 Å². The number of nitrogens with zero attached hydrogens (tertiary/aromatic N) is 1. The third-order valence-electron chi connectivity index (χ3n) is 4.20. The Morgan fingerprint density at radius 3 is 2.50 bits per heavy atom. The van der Waals surface area contributed by atoms with Gasteiger partial charge in [0.2, 0.25) is 5.91 Å². The summed E-state index contributed by atoms with van der Waals surface area (Å²) < 4.78 is 0. The van der Waals surface area contributed by atoms with E-state index in [-0.39, 0.29) is 5.91 Å². The van der Waals surface area contributed by atoms with E-state index in [4.69, 9.17) is 11.6 Å². The van der Waals surface area contributed by atoms with E-state index < -0.39 is 0 Å². The van der Waals surface area contributed by atoms with Gasteiger partial charge in [-0.1, -0.05) is 37.6 Å². The minimum Gasteiger partial charge on any atom is -0.356 e. The monoisotopic (exact) mass is 322 g/mol. The summed E-state index contributed by atoms with van der Waals surface area (Å²) >= 11 is 5.84. The maximum atomic E-state index is 11.9. The molecule has 2 atom stereocenters. The van der Waals surface area contributed by atoms with Gasteiger partial charge in [-0.05, 0) is 48.9 Å². The van der Waals surface area contributed by atoms with Crippen LogP contribution in [0.3, 0.4) is 0 Å². The Bertz CT molecular complexity index is 464. The Morgan fingerprint density at radius 2 is 1.86 bits per heavy atom. The summed E-state index contributed by atoms with van der Waals surface area (Å²) in [6.45, 7) is 8.89. The van der Waals surface area contributed by atoms with Gasteiger partial charge in [-0.25, -0.2) is 0 Å². The smallest absolute Gasteiger partial charge is 0.224 e. The van der Waals surface area contributed by atoms with Crippen LogP contribution in [0.1, 0.15) is 32.3 Å². The average Bonchev–Trinajstić information content (AvgIpc) is 2.45. The minimum atomic E-state index is 0.0858. The number of nitrogens with one attached hydrogen (secondary N) is 1. The molecule has 1 N–H and O–H groups in total. The maximum Gasteiger partial charge on any atom is 0.224 e. The highest BCUT2D eigenvalue weighted by Crippen LogP contribution is 2.20. The number of amides is 1. The van der Waals surface area contributed by atoms with Crippen LogP contribution in [-0.4, -0.2) is 37.0 Å². The van der Waals surface area contributed by atoms with Crippen LogP contribution in [0.15, 0.2) is 24.3 Å². The Morgan fingerprint density at radius 1 is 1.23 bits per heavy atom. The van der Waals surface area contributed by atoms with Crippen molar-refractivity contribution < 1.29 is 4.79 Å². The van der Waals surface area contributed by atoms with Gasteiger partial charge < -0.3 is 10.2 Å². The van der Waals surface area contributed by atoms with Crippen LogP contribution >= 0.6 is 11.6 Å². The van der Waals surface area contributed by atoms with E-state index in [1.165, 1.54) is 19.5 Å². The molecule has 2 rings (SSSR count). The van der Waals surface area contributed by atoms with Crippen molar-refractivity contribution in [1.82, 2.24) is 10.2 Å². The first kappa shape index (κ1) is 17.3. The predicted molar refractivity (Wildman–Crippen MR) is 92.2 cm³/mol. The number of piperidine rings is 1. The fourth-order valence-electron chi connectivity index (χ4n) is 3.36. The second kappa shape index (κ2) is 8.54. The SMILES string of the molecule is C[C@@H]1C[C@@H](C)CN(CCCNC(=O)Cc2ccc(Cl)cc2)C1. The van der Waals surface area contributed by atoms with E-state index >= 15 is 0 Å². The second-order valence-electron chi connectivity index (χ2n) is 6.71.